The number of thiazole rings is 1. The first-order valence-electron chi connectivity index (χ1n) is 6.07. The van der Waals surface area contributed by atoms with Crippen molar-refractivity contribution < 1.29 is 0 Å². The predicted molar refractivity (Wildman–Crippen MR) is 77.2 cm³/mol. The van der Waals surface area contributed by atoms with Gasteiger partial charge in [0.05, 0.1) is 5.69 Å². The van der Waals surface area contributed by atoms with Gasteiger partial charge in [-0.2, -0.15) is 0 Å². The number of hydrogen-bond donors (Lipinski definition) is 0. The van der Waals surface area contributed by atoms with E-state index in [2.05, 4.69) is 66.0 Å². The SMILES string of the molecule is CC(C)(C)c1ccc(-c2cn3ccsc3n2)cc1. The zero-order valence-corrected chi connectivity index (χ0v) is 11.7. The molecule has 18 heavy (non-hydrogen) atoms. The molecule has 92 valence electrons. The van der Waals surface area contributed by atoms with Gasteiger partial charge < -0.3 is 0 Å². The molecule has 0 aliphatic carbocycles. The summed E-state index contributed by atoms with van der Waals surface area (Å²) in [5.41, 5.74) is 3.78. The normalized spacial score (nSPS) is 12.2. The number of aromatic nitrogens is 2. The molecule has 0 amide bonds. The van der Waals surface area contributed by atoms with Crippen molar-refractivity contribution in [2.75, 3.05) is 0 Å². The molecule has 0 N–H and O–H groups in total. The molecule has 2 heterocycles. The molecule has 0 saturated carbocycles. The fraction of sp³-hybridized carbons (Fsp3) is 0.267. The maximum atomic E-state index is 4.62. The van der Waals surface area contributed by atoms with Crippen LogP contribution in [-0.4, -0.2) is 9.38 Å². The monoisotopic (exact) mass is 256 g/mol. The van der Waals surface area contributed by atoms with Crippen molar-refractivity contribution in [3.8, 4) is 11.3 Å². The van der Waals surface area contributed by atoms with Crippen LogP contribution < -0.4 is 0 Å². The predicted octanol–water partition coefficient (Wildman–Crippen LogP) is 4.36. The number of hydrogen-bond acceptors (Lipinski definition) is 2. The molecule has 2 nitrogen and oxygen atoms in total. The fourth-order valence-corrected chi connectivity index (χ4v) is 2.71. The minimum atomic E-state index is 0.201. The first kappa shape index (κ1) is 11.5. The lowest BCUT2D eigenvalue weighted by molar-refractivity contribution is 0.590. The summed E-state index contributed by atoms with van der Waals surface area (Å²) in [6, 6.07) is 8.71. The van der Waals surface area contributed by atoms with Gasteiger partial charge in [0, 0.05) is 23.3 Å². The molecule has 2 aromatic heterocycles. The summed E-state index contributed by atoms with van der Waals surface area (Å²) in [6.07, 6.45) is 4.12. The zero-order chi connectivity index (χ0) is 12.8. The molecule has 1 aromatic carbocycles. The summed E-state index contributed by atoms with van der Waals surface area (Å²) in [7, 11) is 0. The first-order valence-corrected chi connectivity index (χ1v) is 6.95. The standard InChI is InChI=1S/C15H16N2S/c1-15(2,3)12-6-4-11(5-7-12)13-10-17-8-9-18-14(17)16-13/h4-10H,1-3H3. The van der Waals surface area contributed by atoms with Crippen LogP contribution in [0, 0.1) is 0 Å². The van der Waals surface area contributed by atoms with Crippen LogP contribution in [0.5, 0.6) is 0 Å². The summed E-state index contributed by atoms with van der Waals surface area (Å²) in [5, 5.41) is 2.05. The number of nitrogens with zero attached hydrogens (tertiary/aromatic N) is 2. The second-order valence-corrected chi connectivity index (χ2v) is 6.42. The Balaban J connectivity index is 2.00. The highest BCUT2D eigenvalue weighted by molar-refractivity contribution is 7.15. The van der Waals surface area contributed by atoms with Crippen molar-refractivity contribution in [2.45, 2.75) is 26.2 Å². The number of imidazole rings is 1. The topological polar surface area (TPSA) is 17.3 Å². The summed E-state index contributed by atoms with van der Waals surface area (Å²) in [4.78, 5) is 5.66. The Hall–Kier alpha value is -1.61. The average molecular weight is 256 g/mol. The van der Waals surface area contributed by atoms with E-state index in [0.717, 1.165) is 10.7 Å². The minimum Gasteiger partial charge on any atom is -0.297 e. The van der Waals surface area contributed by atoms with E-state index in [1.54, 1.807) is 11.3 Å². The van der Waals surface area contributed by atoms with Crippen LogP contribution in [0.4, 0.5) is 0 Å². The molecule has 0 aliphatic rings. The van der Waals surface area contributed by atoms with Crippen molar-refractivity contribution in [1.29, 1.82) is 0 Å². The van der Waals surface area contributed by atoms with E-state index in [1.807, 2.05) is 6.20 Å². The van der Waals surface area contributed by atoms with Crippen molar-refractivity contribution >= 4 is 16.3 Å². The number of benzene rings is 1. The van der Waals surface area contributed by atoms with E-state index in [0.29, 0.717) is 0 Å². The Kier molecular flexibility index (Phi) is 2.52. The van der Waals surface area contributed by atoms with E-state index in [9.17, 15) is 0 Å². The van der Waals surface area contributed by atoms with Crippen LogP contribution in [-0.2, 0) is 5.41 Å². The van der Waals surface area contributed by atoms with Crippen molar-refractivity contribution in [3.05, 3.63) is 47.6 Å². The number of rotatable bonds is 1. The van der Waals surface area contributed by atoms with Gasteiger partial charge in [-0.25, -0.2) is 4.98 Å². The van der Waals surface area contributed by atoms with Gasteiger partial charge in [0.1, 0.15) is 0 Å². The van der Waals surface area contributed by atoms with Gasteiger partial charge in [0.25, 0.3) is 0 Å². The van der Waals surface area contributed by atoms with Gasteiger partial charge in [0.15, 0.2) is 4.96 Å². The lowest BCUT2D eigenvalue weighted by Crippen LogP contribution is -2.10. The van der Waals surface area contributed by atoms with Crippen molar-refractivity contribution in [2.24, 2.45) is 0 Å². The maximum Gasteiger partial charge on any atom is 0.194 e. The second kappa shape index (κ2) is 3.95. The maximum absolute atomic E-state index is 4.62. The lowest BCUT2D eigenvalue weighted by Gasteiger charge is -2.18. The van der Waals surface area contributed by atoms with Crippen LogP contribution in [0.2, 0.25) is 0 Å². The quantitative estimate of drug-likeness (QED) is 0.632. The molecule has 0 unspecified atom stereocenters. The highest BCUT2D eigenvalue weighted by Crippen LogP contribution is 2.26. The minimum absolute atomic E-state index is 0.201. The molecular weight excluding hydrogens is 240 g/mol. The molecule has 0 fully saturated rings. The summed E-state index contributed by atoms with van der Waals surface area (Å²) < 4.78 is 2.07. The van der Waals surface area contributed by atoms with E-state index >= 15 is 0 Å². The largest absolute Gasteiger partial charge is 0.297 e. The first-order chi connectivity index (χ1) is 8.54. The molecule has 0 spiro atoms. The third-order valence-electron chi connectivity index (χ3n) is 3.14. The Morgan fingerprint density at radius 3 is 2.44 bits per heavy atom. The Labute approximate surface area is 111 Å². The second-order valence-electron chi connectivity index (χ2n) is 5.55. The summed E-state index contributed by atoms with van der Waals surface area (Å²) in [5.74, 6) is 0. The molecule has 3 heteroatoms. The average Bonchev–Trinajstić information content (AvgIpc) is 2.88. The number of fused-ring (bicyclic) bond motifs is 1. The molecule has 0 atom stereocenters. The van der Waals surface area contributed by atoms with Crippen LogP contribution in [0.1, 0.15) is 26.3 Å². The summed E-state index contributed by atoms with van der Waals surface area (Å²) >= 11 is 1.66. The molecule has 0 saturated heterocycles. The van der Waals surface area contributed by atoms with Gasteiger partial charge >= 0.3 is 0 Å². The van der Waals surface area contributed by atoms with E-state index in [4.69, 9.17) is 0 Å². The molecule has 3 rings (SSSR count). The molecule has 0 aliphatic heterocycles. The highest BCUT2D eigenvalue weighted by Gasteiger charge is 2.13. The van der Waals surface area contributed by atoms with Crippen LogP contribution >= 0.6 is 11.3 Å². The highest BCUT2D eigenvalue weighted by atomic mass is 32.1. The molecule has 0 bridgehead atoms. The van der Waals surface area contributed by atoms with Gasteiger partial charge in [0.2, 0.25) is 0 Å². The van der Waals surface area contributed by atoms with E-state index in [1.165, 1.54) is 11.1 Å². The molecule has 3 aromatic rings. The third kappa shape index (κ3) is 1.95. The smallest absolute Gasteiger partial charge is 0.194 e. The van der Waals surface area contributed by atoms with Crippen molar-refractivity contribution in [1.82, 2.24) is 9.38 Å². The summed E-state index contributed by atoms with van der Waals surface area (Å²) in [6.45, 7) is 6.69. The molecular formula is C15H16N2S. The van der Waals surface area contributed by atoms with Gasteiger partial charge in [-0.05, 0) is 11.0 Å². The van der Waals surface area contributed by atoms with Crippen LogP contribution in [0.3, 0.4) is 0 Å². The van der Waals surface area contributed by atoms with Crippen LogP contribution in [0.25, 0.3) is 16.2 Å². The van der Waals surface area contributed by atoms with Gasteiger partial charge in [-0.3, -0.25) is 4.40 Å². The van der Waals surface area contributed by atoms with Crippen LogP contribution in [0.15, 0.2) is 42.0 Å². The molecule has 0 radical (unpaired) electrons. The van der Waals surface area contributed by atoms with Crippen molar-refractivity contribution in [3.63, 3.8) is 0 Å². The van der Waals surface area contributed by atoms with Gasteiger partial charge in [-0.15, -0.1) is 11.3 Å². The fourth-order valence-electron chi connectivity index (χ4n) is 2.01. The van der Waals surface area contributed by atoms with Gasteiger partial charge in [-0.1, -0.05) is 45.0 Å². The Morgan fingerprint density at radius 1 is 1.11 bits per heavy atom. The Morgan fingerprint density at radius 2 is 1.83 bits per heavy atom. The lowest BCUT2D eigenvalue weighted by atomic mass is 9.86. The van der Waals surface area contributed by atoms with E-state index in [-0.39, 0.29) is 5.41 Å². The van der Waals surface area contributed by atoms with E-state index < -0.39 is 0 Å². The zero-order valence-electron chi connectivity index (χ0n) is 10.8. The Bertz CT molecular complexity index is 640. The third-order valence-corrected chi connectivity index (χ3v) is 3.91.